The summed E-state index contributed by atoms with van der Waals surface area (Å²) in [4.78, 5) is 8.48. The second kappa shape index (κ2) is 6.07. The third-order valence-corrected chi connectivity index (χ3v) is 2.69. The maximum atomic E-state index is 5.54. The van der Waals surface area contributed by atoms with E-state index in [1.54, 1.807) is 12.4 Å². The van der Waals surface area contributed by atoms with Gasteiger partial charge in [0.05, 0.1) is 5.69 Å². The summed E-state index contributed by atoms with van der Waals surface area (Å²) >= 11 is 4.89. The number of hydrogen-bond acceptors (Lipinski definition) is 4. The number of pyridine rings is 2. The van der Waals surface area contributed by atoms with Crippen LogP contribution in [0.15, 0.2) is 42.9 Å². The Hall–Kier alpha value is -2.01. The van der Waals surface area contributed by atoms with E-state index in [0.717, 1.165) is 18.7 Å². The topological polar surface area (TPSA) is 63.8 Å². The first-order valence-electron chi connectivity index (χ1n) is 5.64. The highest BCUT2D eigenvalue weighted by Gasteiger charge is 1.99. The average molecular weight is 258 g/mol. The molecule has 0 amide bonds. The number of nitrogens with zero attached hydrogens (tertiary/aromatic N) is 2. The quantitative estimate of drug-likeness (QED) is 0.800. The van der Waals surface area contributed by atoms with Crippen molar-refractivity contribution < 1.29 is 0 Å². The molecule has 0 aliphatic rings. The number of nitrogens with one attached hydrogen (secondary N) is 1. The predicted molar refractivity (Wildman–Crippen MR) is 76.6 cm³/mol. The molecule has 0 saturated carbocycles. The van der Waals surface area contributed by atoms with Crippen molar-refractivity contribution in [1.29, 1.82) is 0 Å². The molecule has 0 atom stereocenters. The zero-order chi connectivity index (χ0) is 12.8. The van der Waals surface area contributed by atoms with E-state index in [1.807, 2.05) is 24.4 Å². The van der Waals surface area contributed by atoms with E-state index in [-0.39, 0.29) is 0 Å². The number of hydrogen-bond donors (Lipinski definition) is 2. The van der Waals surface area contributed by atoms with Crippen LogP contribution in [0.25, 0.3) is 0 Å². The minimum atomic E-state index is 0.311. The van der Waals surface area contributed by atoms with Gasteiger partial charge in [0, 0.05) is 30.8 Å². The lowest BCUT2D eigenvalue weighted by Gasteiger charge is -2.07. The van der Waals surface area contributed by atoms with E-state index in [4.69, 9.17) is 18.0 Å². The molecule has 0 aliphatic carbocycles. The van der Waals surface area contributed by atoms with Gasteiger partial charge in [0.15, 0.2) is 0 Å². The number of nitrogens with two attached hydrogens (primary N) is 1. The zero-order valence-electron chi connectivity index (χ0n) is 9.84. The second-order valence-corrected chi connectivity index (χ2v) is 4.27. The summed E-state index contributed by atoms with van der Waals surface area (Å²) in [6.07, 6.45) is 6.25. The van der Waals surface area contributed by atoms with Crippen LogP contribution in [-0.4, -0.2) is 21.5 Å². The van der Waals surface area contributed by atoms with Gasteiger partial charge in [0.2, 0.25) is 0 Å². The van der Waals surface area contributed by atoms with E-state index in [9.17, 15) is 0 Å². The first kappa shape index (κ1) is 12.4. The van der Waals surface area contributed by atoms with Gasteiger partial charge in [-0.3, -0.25) is 9.97 Å². The molecule has 3 N–H and O–H groups in total. The minimum absolute atomic E-state index is 0.311. The minimum Gasteiger partial charge on any atom is -0.388 e. The SMILES string of the molecule is NC(=S)c1cc(NCCc2cccnc2)ccn1. The van der Waals surface area contributed by atoms with Gasteiger partial charge in [-0.2, -0.15) is 0 Å². The van der Waals surface area contributed by atoms with Gasteiger partial charge >= 0.3 is 0 Å². The summed E-state index contributed by atoms with van der Waals surface area (Å²) in [5, 5.41) is 3.31. The Balaban J connectivity index is 1.90. The first-order chi connectivity index (χ1) is 8.75. The fourth-order valence-electron chi connectivity index (χ4n) is 1.57. The van der Waals surface area contributed by atoms with Gasteiger partial charge in [-0.25, -0.2) is 0 Å². The van der Waals surface area contributed by atoms with Gasteiger partial charge in [0.1, 0.15) is 4.99 Å². The van der Waals surface area contributed by atoms with E-state index < -0.39 is 0 Å². The smallest absolute Gasteiger partial charge is 0.122 e. The average Bonchev–Trinajstić information content (AvgIpc) is 2.40. The van der Waals surface area contributed by atoms with Crippen molar-refractivity contribution >= 4 is 22.9 Å². The third-order valence-electron chi connectivity index (χ3n) is 2.48. The van der Waals surface area contributed by atoms with Crippen LogP contribution in [0.2, 0.25) is 0 Å². The van der Waals surface area contributed by atoms with Crippen molar-refractivity contribution in [3.05, 3.63) is 54.1 Å². The molecule has 0 unspecified atom stereocenters. The van der Waals surface area contributed by atoms with Gasteiger partial charge in [-0.1, -0.05) is 18.3 Å². The lowest BCUT2D eigenvalue weighted by atomic mass is 10.2. The Morgan fingerprint density at radius 3 is 2.94 bits per heavy atom. The molecule has 0 aliphatic heterocycles. The summed E-state index contributed by atoms with van der Waals surface area (Å²) in [7, 11) is 0. The summed E-state index contributed by atoms with van der Waals surface area (Å²) in [6, 6.07) is 7.74. The predicted octanol–water partition coefficient (Wildman–Crippen LogP) is 1.77. The summed E-state index contributed by atoms with van der Waals surface area (Å²) in [6.45, 7) is 0.826. The molecule has 0 radical (unpaired) electrons. The molecule has 0 bridgehead atoms. The Labute approximate surface area is 111 Å². The molecule has 0 spiro atoms. The van der Waals surface area contributed by atoms with E-state index >= 15 is 0 Å². The van der Waals surface area contributed by atoms with Gasteiger partial charge in [0.25, 0.3) is 0 Å². The maximum Gasteiger partial charge on any atom is 0.122 e. The molecule has 18 heavy (non-hydrogen) atoms. The molecule has 2 aromatic rings. The lowest BCUT2D eigenvalue weighted by Crippen LogP contribution is -2.12. The normalized spacial score (nSPS) is 10.0. The van der Waals surface area contributed by atoms with Gasteiger partial charge < -0.3 is 11.1 Å². The standard InChI is InChI=1S/C13H14N4S/c14-13(18)12-8-11(4-7-17-12)16-6-3-10-2-1-5-15-9-10/h1-2,4-5,7-9H,3,6H2,(H2,14,18)(H,16,17). The zero-order valence-corrected chi connectivity index (χ0v) is 10.7. The maximum absolute atomic E-state index is 5.54. The van der Waals surface area contributed by atoms with Crippen molar-refractivity contribution in [2.45, 2.75) is 6.42 Å². The Bertz CT molecular complexity index is 528. The van der Waals surface area contributed by atoms with Crippen molar-refractivity contribution in [3.8, 4) is 0 Å². The highest BCUT2D eigenvalue weighted by molar-refractivity contribution is 7.80. The summed E-state index contributed by atoms with van der Waals surface area (Å²) in [5.74, 6) is 0. The molecule has 92 valence electrons. The molecule has 2 aromatic heterocycles. The highest BCUT2D eigenvalue weighted by Crippen LogP contribution is 2.08. The second-order valence-electron chi connectivity index (χ2n) is 3.83. The van der Waals surface area contributed by atoms with Crippen LogP contribution in [0, 0.1) is 0 Å². The summed E-state index contributed by atoms with van der Waals surface area (Å²) < 4.78 is 0. The van der Waals surface area contributed by atoms with Crippen molar-refractivity contribution in [2.75, 3.05) is 11.9 Å². The van der Waals surface area contributed by atoms with Crippen LogP contribution in [0.4, 0.5) is 5.69 Å². The lowest BCUT2D eigenvalue weighted by molar-refractivity contribution is 1.00. The Kier molecular flexibility index (Phi) is 4.20. The Morgan fingerprint density at radius 2 is 2.22 bits per heavy atom. The molecule has 0 fully saturated rings. The van der Waals surface area contributed by atoms with E-state index in [2.05, 4.69) is 21.4 Å². The molecule has 5 heteroatoms. The Morgan fingerprint density at radius 1 is 1.33 bits per heavy atom. The van der Waals surface area contributed by atoms with Crippen LogP contribution in [-0.2, 0) is 6.42 Å². The number of anilines is 1. The van der Waals surface area contributed by atoms with Crippen LogP contribution >= 0.6 is 12.2 Å². The van der Waals surface area contributed by atoms with Crippen LogP contribution in [0.5, 0.6) is 0 Å². The number of aromatic nitrogens is 2. The van der Waals surface area contributed by atoms with Gasteiger partial charge in [-0.05, 0) is 30.2 Å². The summed E-state index contributed by atoms with van der Waals surface area (Å²) in [5.41, 5.74) is 8.34. The molecule has 4 nitrogen and oxygen atoms in total. The van der Waals surface area contributed by atoms with E-state index in [1.165, 1.54) is 5.56 Å². The highest BCUT2D eigenvalue weighted by atomic mass is 32.1. The van der Waals surface area contributed by atoms with Crippen LogP contribution in [0.1, 0.15) is 11.3 Å². The number of rotatable bonds is 5. The molecule has 0 saturated heterocycles. The fourth-order valence-corrected chi connectivity index (χ4v) is 1.68. The molecular formula is C13H14N4S. The molecule has 2 rings (SSSR count). The number of thiocarbonyl (C=S) groups is 1. The van der Waals surface area contributed by atoms with Crippen LogP contribution < -0.4 is 11.1 Å². The molecule has 0 aromatic carbocycles. The molecule has 2 heterocycles. The molecular weight excluding hydrogens is 244 g/mol. The van der Waals surface area contributed by atoms with Crippen molar-refractivity contribution in [3.63, 3.8) is 0 Å². The fraction of sp³-hybridized carbons (Fsp3) is 0.154. The van der Waals surface area contributed by atoms with Gasteiger partial charge in [-0.15, -0.1) is 0 Å². The third kappa shape index (κ3) is 3.49. The van der Waals surface area contributed by atoms with Crippen LogP contribution in [0.3, 0.4) is 0 Å². The first-order valence-corrected chi connectivity index (χ1v) is 6.05. The van der Waals surface area contributed by atoms with Crippen molar-refractivity contribution in [2.24, 2.45) is 5.73 Å². The monoisotopic (exact) mass is 258 g/mol. The largest absolute Gasteiger partial charge is 0.388 e. The van der Waals surface area contributed by atoms with E-state index in [0.29, 0.717) is 10.7 Å². The van der Waals surface area contributed by atoms with Crippen molar-refractivity contribution in [1.82, 2.24) is 9.97 Å².